The van der Waals surface area contributed by atoms with Gasteiger partial charge in [-0.15, -0.1) is 0 Å². The zero-order chi connectivity index (χ0) is 22.7. The highest BCUT2D eigenvalue weighted by Crippen LogP contribution is 2.28. The van der Waals surface area contributed by atoms with Crippen LogP contribution in [-0.2, 0) is 11.3 Å². The molecule has 10 nitrogen and oxygen atoms in total. The fourth-order valence-corrected chi connectivity index (χ4v) is 3.26. The van der Waals surface area contributed by atoms with Crippen molar-refractivity contribution >= 4 is 34.4 Å². The topological polar surface area (TPSA) is 115 Å². The van der Waals surface area contributed by atoms with Crippen LogP contribution in [0.25, 0.3) is 11.2 Å². The molecule has 1 saturated carbocycles. The van der Waals surface area contributed by atoms with Crippen LogP contribution in [0.2, 0.25) is 0 Å². The first-order valence-corrected chi connectivity index (χ1v) is 10.1. The first kappa shape index (κ1) is 21.7. The van der Waals surface area contributed by atoms with E-state index in [1.165, 1.54) is 24.0 Å². The number of hydrogen-bond donors (Lipinski definition) is 3. The number of anilines is 3. The number of rotatable bonds is 8. The molecule has 170 valence electrons. The molecule has 1 aliphatic rings. The van der Waals surface area contributed by atoms with Crippen LogP contribution in [0, 0.1) is 0 Å². The standard InChI is InChI=1S/C20H23F2N7O3/c1-23-14-8-15(28-18-17(14)25-10-29(18)20(30)24-2)26-11-6-12(9-31-13-4-3-5-13)27-16(7-11)32-19(21)22/h6-8,10,13,19H,3-5,9H2,1-2H3,(H,24,30)(H2,23,26,27,28). The van der Waals surface area contributed by atoms with Crippen molar-refractivity contribution in [3.8, 4) is 5.88 Å². The molecule has 1 fully saturated rings. The van der Waals surface area contributed by atoms with Gasteiger partial charge in [-0.1, -0.05) is 0 Å². The van der Waals surface area contributed by atoms with E-state index in [-0.39, 0.29) is 18.6 Å². The monoisotopic (exact) mass is 447 g/mol. The number of carbonyl (C=O) groups excluding carboxylic acids is 1. The number of nitrogens with zero attached hydrogens (tertiary/aromatic N) is 4. The second-order valence-electron chi connectivity index (χ2n) is 7.20. The molecule has 0 spiro atoms. The molecule has 0 unspecified atom stereocenters. The number of ether oxygens (including phenoxy) is 2. The second kappa shape index (κ2) is 9.30. The Labute approximate surface area is 182 Å². The Bertz CT molecular complexity index is 1120. The predicted octanol–water partition coefficient (Wildman–Crippen LogP) is 3.47. The molecule has 0 aliphatic heterocycles. The lowest BCUT2D eigenvalue weighted by atomic mass is 9.96. The average molecular weight is 447 g/mol. The number of hydrogen-bond acceptors (Lipinski definition) is 8. The Morgan fingerprint density at radius 2 is 2.06 bits per heavy atom. The summed E-state index contributed by atoms with van der Waals surface area (Å²) in [6.45, 7) is -2.83. The van der Waals surface area contributed by atoms with E-state index in [1.807, 2.05) is 0 Å². The van der Waals surface area contributed by atoms with Gasteiger partial charge in [-0.2, -0.15) is 8.78 Å². The summed E-state index contributed by atoms with van der Waals surface area (Å²) in [5.74, 6) is 0.134. The fraction of sp³-hybridized carbons (Fsp3) is 0.400. The van der Waals surface area contributed by atoms with Crippen LogP contribution in [0.5, 0.6) is 5.88 Å². The molecule has 0 bridgehead atoms. The van der Waals surface area contributed by atoms with E-state index in [0.29, 0.717) is 34.1 Å². The van der Waals surface area contributed by atoms with Crippen LogP contribution in [0.4, 0.5) is 30.8 Å². The number of aromatic nitrogens is 4. The highest BCUT2D eigenvalue weighted by atomic mass is 19.3. The smallest absolute Gasteiger partial charge is 0.388 e. The van der Waals surface area contributed by atoms with Crippen molar-refractivity contribution in [2.45, 2.75) is 38.6 Å². The van der Waals surface area contributed by atoms with E-state index >= 15 is 0 Å². The largest absolute Gasteiger partial charge is 0.417 e. The Hall–Kier alpha value is -3.54. The van der Waals surface area contributed by atoms with Crippen LogP contribution >= 0.6 is 0 Å². The molecule has 4 rings (SSSR count). The normalized spacial score (nSPS) is 13.8. The maximum Gasteiger partial charge on any atom is 0.388 e. The van der Waals surface area contributed by atoms with Crippen molar-refractivity contribution in [2.75, 3.05) is 24.7 Å². The predicted molar refractivity (Wildman–Crippen MR) is 114 cm³/mol. The second-order valence-corrected chi connectivity index (χ2v) is 7.20. The quantitative estimate of drug-likeness (QED) is 0.481. The maximum absolute atomic E-state index is 12.8. The van der Waals surface area contributed by atoms with Gasteiger partial charge in [0.2, 0.25) is 5.88 Å². The van der Waals surface area contributed by atoms with Gasteiger partial charge in [0, 0.05) is 31.9 Å². The van der Waals surface area contributed by atoms with Crippen molar-refractivity contribution in [3.63, 3.8) is 0 Å². The van der Waals surface area contributed by atoms with E-state index in [0.717, 1.165) is 19.3 Å². The summed E-state index contributed by atoms with van der Waals surface area (Å²) < 4.78 is 37.1. The third kappa shape index (κ3) is 4.69. The number of halogens is 2. The summed E-state index contributed by atoms with van der Waals surface area (Å²) in [6.07, 6.45) is 4.62. The maximum atomic E-state index is 12.8. The van der Waals surface area contributed by atoms with Crippen molar-refractivity contribution in [1.82, 2.24) is 24.8 Å². The molecule has 12 heteroatoms. The minimum Gasteiger partial charge on any atom is -0.417 e. The molecule has 0 radical (unpaired) electrons. The van der Waals surface area contributed by atoms with E-state index in [1.54, 1.807) is 19.2 Å². The van der Waals surface area contributed by atoms with Gasteiger partial charge >= 0.3 is 12.6 Å². The Morgan fingerprint density at radius 1 is 1.25 bits per heavy atom. The first-order valence-electron chi connectivity index (χ1n) is 10.1. The summed E-state index contributed by atoms with van der Waals surface area (Å²) in [4.78, 5) is 24.9. The van der Waals surface area contributed by atoms with Gasteiger partial charge in [0.25, 0.3) is 0 Å². The lowest BCUT2D eigenvalue weighted by Gasteiger charge is -2.25. The minimum atomic E-state index is -3.01. The van der Waals surface area contributed by atoms with Crippen LogP contribution in [0.1, 0.15) is 25.0 Å². The SMILES string of the molecule is CNC(=O)n1cnc2c(NC)cc(Nc3cc(COC4CCC4)nc(OC(F)F)c3)nc21. The van der Waals surface area contributed by atoms with Gasteiger partial charge < -0.3 is 25.4 Å². The zero-order valence-corrected chi connectivity index (χ0v) is 17.6. The van der Waals surface area contributed by atoms with Gasteiger partial charge in [-0.3, -0.25) is 0 Å². The van der Waals surface area contributed by atoms with Crippen LogP contribution < -0.4 is 20.7 Å². The molecular formula is C20H23F2N7O3. The van der Waals surface area contributed by atoms with E-state index in [9.17, 15) is 13.6 Å². The van der Waals surface area contributed by atoms with Gasteiger partial charge in [0.1, 0.15) is 17.7 Å². The number of pyridine rings is 2. The molecular weight excluding hydrogens is 424 g/mol. The Morgan fingerprint density at radius 3 is 2.72 bits per heavy atom. The molecule has 0 atom stereocenters. The van der Waals surface area contributed by atoms with E-state index in [4.69, 9.17) is 4.74 Å². The molecule has 3 N–H and O–H groups in total. The van der Waals surface area contributed by atoms with Crippen LogP contribution in [-0.4, -0.2) is 52.4 Å². The fourth-order valence-electron chi connectivity index (χ4n) is 3.26. The molecule has 3 aromatic heterocycles. The van der Waals surface area contributed by atoms with E-state index in [2.05, 4.69) is 35.6 Å². The number of nitrogens with one attached hydrogen (secondary N) is 3. The highest BCUT2D eigenvalue weighted by molar-refractivity contribution is 5.94. The molecule has 0 aromatic carbocycles. The molecule has 3 aromatic rings. The summed E-state index contributed by atoms with van der Waals surface area (Å²) in [7, 11) is 3.22. The summed E-state index contributed by atoms with van der Waals surface area (Å²) >= 11 is 0. The van der Waals surface area contributed by atoms with Crippen LogP contribution in [0.3, 0.4) is 0 Å². The van der Waals surface area contributed by atoms with Gasteiger partial charge in [0.15, 0.2) is 5.65 Å². The number of imidazole rings is 1. The van der Waals surface area contributed by atoms with Crippen molar-refractivity contribution in [1.29, 1.82) is 0 Å². The lowest BCUT2D eigenvalue weighted by Crippen LogP contribution is -2.24. The third-order valence-corrected chi connectivity index (χ3v) is 5.06. The molecule has 3 heterocycles. The first-order chi connectivity index (χ1) is 15.5. The highest BCUT2D eigenvalue weighted by Gasteiger charge is 2.19. The Kier molecular flexibility index (Phi) is 6.30. The molecule has 1 aliphatic carbocycles. The van der Waals surface area contributed by atoms with Gasteiger partial charge in [-0.25, -0.2) is 24.3 Å². The summed E-state index contributed by atoms with van der Waals surface area (Å²) in [5, 5.41) is 8.61. The summed E-state index contributed by atoms with van der Waals surface area (Å²) in [5.41, 5.74) is 2.34. The number of carbonyl (C=O) groups is 1. The Balaban J connectivity index is 1.66. The minimum absolute atomic E-state index is 0.167. The molecule has 32 heavy (non-hydrogen) atoms. The average Bonchev–Trinajstić information content (AvgIpc) is 3.15. The van der Waals surface area contributed by atoms with Crippen molar-refractivity contribution in [3.05, 3.63) is 30.2 Å². The van der Waals surface area contributed by atoms with E-state index < -0.39 is 12.6 Å². The number of amides is 1. The zero-order valence-electron chi connectivity index (χ0n) is 17.6. The third-order valence-electron chi connectivity index (χ3n) is 5.06. The van der Waals surface area contributed by atoms with Crippen molar-refractivity contribution in [2.24, 2.45) is 0 Å². The molecule has 0 saturated heterocycles. The van der Waals surface area contributed by atoms with Gasteiger partial charge in [0.05, 0.1) is 24.1 Å². The lowest BCUT2D eigenvalue weighted by molar-refractivity contribution is -0.0535. The van der Waals surface area contributed by atoms with Gasteiger partial charge in [-0.05, 0) is 25.3 Å². The number of fused-ring (bicyclic) bond motifs is 1. The number of alkyl halides is 2. The van der Waals surface area contributed by atoms with Crippen LogP contribution in [0.15, 0.2) is 24.5 Å². The summed E-state index contributed by atoms with van der Waals surface area (Å²) in [6, 6.07) is 4.33. The molecule has 1 amide bonds. The van der Waals surface area contributed by atoms with Crippen molar-refractivity contribution < 1.29 is 23.0 Å².